The SMILES string of the molecule is CN1CCN(C(=O)CCC2CCCN(C(=O)c3cc(C#N)cn3C)C2)CC1. The Hall–Kier alpha value is -2.33. The molecule has 0 radical (unpaired) electrons. The Morgan fingerprint density at radius 1 is 1.15 bits per heavy atom. The van der Waals surface area contributed by atoms with E-state index in [1.807, 2.05) is 9.80 Å². The van der Waals surface area contributed by atoms with E-state index in [-0.39, 0.29) is 11.8 Å². The third-order valence-corrected chi connectivity index (χ3v) is 5.78. The smallest absolute Gasteiger partial charge is 0.270 e. The Balaban J connectivity index is 1.51. The van der Waals surface area contributed by atoms with E-state index >= 15 is 0 Å². The number of amides is 2. The van der Waals surface area contributed by atoms with Gasteiger partial charge in [0.25, 0.3) is 5.91 Å². The van der Waals surface area contributed by atoms with E-state index in [9.17, 15) is 9.59 Å². The fourth-order valence-corrected chi connectivity index (χ4v) is 4.03. The molecule has 0 spiro atoms. The highest BCUT2D eigenvalue weighted by Crippen LogP contribution is 2.23. The van der Waals surface area contributed by atoms with E-state index in [1.54, 1.807) is 23.9 Å². The fraction of sp³-hybridized carbons (Fsp3) is 0.650. The minimum absolute atomic E-state index is 0.0194. The Morgan fingerprint density at radius 2 is 1.89 bits per heavy atom. The predicted molar refractivity (Wildman–Crippen MR) is 102 cm³/mol. The van der Waals surface area contributed by atoms with E-state index in [1.165, 1.54) is 0 Å². The summed E-state index contributed by atoms with van der Waals surface area (Å²) < 4.78 is 1.72. The van der Waals surface area contributed by atoms with Crippen LogP contribution in [0.1, 0.15) is 41.7 Å². The molecule has 2 saturated heterocycles. The number of nitriles is 1. The van der Waals surface area contributed by atoms with Crippen LogP contribution in [-0.4, -0.2) is 77.4 Å². The lowest BCUT2D eigenvalue weighted by Gasteiger charge is -2.34. The first-order chi connectivity index (χ1) is 13.0. The van der Waals surface area contributed by atoms with Crippen molar-refractivity contribution in [3.8, 4) is 6.07 Å². The van der Waals surface area contributed by atoms with E-state index in [0.717, 1.165) is 52.0 Å². The summed E-state index contributed by atoms with van der Waals surface area (Å²) in [7, 11) is 3.88. The van der Waals surface area contributed by atoms with Crippen molar-refractivity contribution >= 4 is 11.8 Å². The fourth-order valence-electron chi connectivity index (χ4n) is 4.03. The highest BCUT2D eigenvalue weighted by molar-refractivity contribution is 5.93. The molecular weight excluding hydrogens is 342 g/mol. The summed E-state index contributed by atoms with van der Waals surface area (Å²) in [6, 6.07) is 3.74. The summed E-state index contributed by atoms with van der Waals surface area (Å²) >= 11 is 0. The van der Waals surface area contributed by atoms with Crippen LogP contribution in [0, 0.1) is 17.2 Å². The van der Waals surface area contributed by atoms with Crippen LogP contribution in [0.3, 0.4) is 0 Å². The van der Waals surface area contributed by atoms with E-state index in [2.05, 4.69) is 18.0 Å². The number of aryl methyl sites for hydroxylation is 1. The number of rotatable bonds is 4. The van der Waals surface area contributed by atoms with Gasteiger partial charge in [-0.1, -0.05) is 0 Å². The second-order valence-electron chi connectivity index (χ2n) is 7.82. The number of likely N-dealkylation sites (N-methyl/N-ethyl adjacent to an activating group) is 1. The monoisotopic (exact) mass is 371 g/mol. The number of piperazine rings is 1. The normalized spacial score (nSPS) is 21.1. The number of piperidine rings is 1. The van der Waals surface area contributed by atoms with Crippen LogP contribution in [0.15, 0.2) is 12.3 Å². The van der Waals surface area contributed by atoms with E-state index < -0.39 is 0 Å². The Bertz CT molecular complexity index is 727. The number of hydrogen-bond donors (Lipinski definition) is 0. The van der Waals surface area contributed by atoms with Crippen molar-refractivity contribution < 1.29 is 9.59 Å². The lowest BCUT2D eigenvalue weighted by molar-refractivity contribution is -0.133. The van der Waals surface area contributed by atoms with Crippen LogP contribution in [0.2, 0.25) is 0 Å². The standard InChI is InChI=1S/C20H29N5O2/c1-22-8-10-24(11-9-22)19(26)6-5-16-4-3-7-25(15-16)20(27)18-12-17(13-21)14-23(18)2/h12,14,16H,3-11,15H2,1-2H3. The lowest BCUT2D eigenvalue weighted by atomic mass is 9.93. The molecule has 2 amide bonds. The molecule has 2 aliphatic rings. The summed E-state index contributed by atoms with van der Waals surface area (Å²) in [6.07, 6.45) is 5.12. The van der Waals surface area contributed by atoms with Gasteiger partial charge < -0.3 is 19.3 Å². The maximum absolute atomic E-state index is 12.8. The highest BCUT2D eigenvalue weighted by atomic mass is 16.2. The molecule has 1 atom stereocenters. The molecule has 1 unspecified atom stereocenters. The number of nitrogens with zero attached hydrogens (tertiary/aromatic N) is 5. The zero-order valence-corrected chi connectivity index (χ0v) is 16.4. The van der Waals surface area contributed by atoms with Crippen LogP contribution in [0.5, 0.6) is 0 Å². The molecule has 7 heteroatoms. The molecule has 0 bridgehead atoms. The molecule has 3 heterocycles. The Labute approximate surface area is 161 Å². The third-order valence-electron chi connectivity index (χ3n) is 5.78. The third kappa shape index (κ3) is 4.69. The Morgan fingerprint density at radius 3 is 2.56 bits per heavy atom. The number of aromatic nitrogens is 1. The zero-order valence-electron chi connectivity index (χ0n) is 16.4. The van der Waals surface area contributed by atoms with E-state index in [0.29, 0.717) is 30.1 Å². The first-order valence-corrected chi connectivity index (χ1v) is 9.80. The second kappa shape index (κ2) is 8.57. The largest absolute Gasteiger partial charge is 0.345 e. The molecule has 2 fully saturated rings. The summed E-state index contributed by atoms with van der Waals surface area (Å²) in [6.45, 7) is 4.97. The van der Waals surface area contributed by atoms with Crippen molar-refractivity contribution in [2.75, 3.05) is 46.3 Å². The van der Waals surface area contributed by atoms with Gasteiger partial charge in [0, 0.05) is 58.9 Å². The van der Waals surface area contributed by atoms with Crippen LogP contribution >= 0.6 is 0 Å². The summed E-state index contributed by atoms with van der Waals surface area (Å²) in [4.78, 5) is 31.4. The first-order valence-electron chi connectivity index (χ1n) is 9.80. The molecule has 1 aromatic heterocycles. The average molecular weight is 371 g/mol. The van der Waals surface area contributed by atoms with Crippen molar-refractivity contribution in [3.63, 3.8) is 0 Å². The van der Waals surface area contributed by atoms with Gasteiger partial charge in [-0.3, -0.25) is 9.59 Å². The van der Waals surface area contributed by atoms with Crippen molar-refractivity contribution in [1.82, 2.24) is 19.3 Å². The summed E-state index contributed by atoms with van der Waals surface area (Å²) in [5.74, 6) is 0.594. The molecule has 27 heavy (non-hydrogen) atoms. The van der Waals surface area contributed by atoms with Gasteiger partial charge in [-0.05, 0) is 38.3 Å². The van der Waals surface area contributed by atoms with Gasteiger partial charge in [-0.25, -0.2) is 0 Å². The van der Waals surface area contributed by atoms with Gasteiger partial charge in [0.2, 0.25) is 5.91 Å². The molecule has 3 rings (SSSR count). The quantitative estimate of drug-likeness (QED) is 0.800. The molecule has 0 N–H and O–H groups in total. The maximum atomic E-state index is 12.8. The van der Waals surface area contributed by atoms with Gasteiger partial charge >= 0.3 is 0 Å². The van der Waals surface area contributed by atoms with Gasteiger partial charge in [-0.15, -0.1) is 0 Å². The average Bonchev–Trinajstić information content (AvgIpc) is 3.07. The van der Waals surface area contributed by atoms with Gasteiger partial charge in [0.05, 0.1) is 5.56 Å². The molecule has 2 aliphatic heterocycles. The molecular formula is C20H29N5O2. The van der Waals surface area contributed by atoms with Gasteiger partial charge in [0.1, 0.15) is 11.8 Å². The van der Waals surface area contributed by atoms with Crippen molar-refractivity contribution in [2.45, 2.75) is 25.7 Å². The zero-order chi connectivity index (χ0) is 19.4. The molecule has 0 aromatic carbocycles. The predicted octanol–water partition coefficient (Wildman–Crippen LogP) is 1.30. The van der Waals surface area contributed by atoms with Crippen molar-refractivity contribution in [1.29, 1.82) is 5.26 Å². The van der Waals surface area contributed by atoms with Gasteiger partial charge in [-0.2, -0.15) is 5.26 Å². The summed E-state index contributed by atoms with van der Waals surface area (Å²) in [5.41, 5.74) is 1.06. The number of hydrogen-bond acceptors (Lipinski definition) is 4. The van der Waals surface area contributed by atoms with Crippen LogP contribution < -0.4 is 0 Å². The van der Waals surface area contributed by atoms with E-state index in [4.69, 9.17) is 5.26 Å². The maximum Gasteiger partial charge on any atom is 0.270 e. The minimum atomic E-state index is -0.0194. The van der Waals surface area contributed by atoms with Crippen LogP contribution in [0.25, 0.3) is 0 Å². The topological polar surface area (TPSA) is 72.6 Å². The number of carbonyl (C=O) groups excluding carboxylic acids is 2. The second-order valence-corrected chi connectivity index (χ2v) is 7.82. The molecule has 7 nitrogen and oxygen atoms in total. The van der Waals surface area contributed by atoms with Crippen molar-refractivity contribution in [3.05, 3.63) is 23.5 Å². The van der Waals surface area contributed by atoms with Crippen molar-refractivity contribution in [2.24, 2.45) is 13.0 Å². The first kappa shape index (κ1) is 19.4. The molecule has 0 saturated carbocycles. The minimum Gasteiger partial charge on any atom is -0.345 e. The molecule has 146 valence electrons. The summed E-state index contributed by atoms with van der Waals surface area (Å²) in [5, 5.41) is 9.03. The molecule has 0 aliphatic carbocycles. The lowest BCUT2D eigenvalue weighted by Crippen LogP contribution is -2.47. The number of carbonyl (C=O) groups is 2. The van der Waals surface area contributed by atoms with Gasteiger partial charge in [0.15, 0.2) is 0 Å². The molecule has 1 aromatic rings. The number of likely N-dealkylation sites (tertiary alicyclic amines) is 1. The highest BCUT2D eigenvalue weighted by Gasteiger charge is 2.27. The van der Waals surface area contributed by atoms with Crippen LogP contribution in [0.4, 0.5) is 0 Å². The van der Waals surface area contributed by atoms with Crippen LogP contribution in [-0.2, 0) is 11.8 Å². The Kier molecular flexibility index (Phi) is 6.17.